The van der Waals surface area contributed by atoms with E-state index < -0.39 is 10.6 Å². The summed E-state index contributed by atoms with van der Waals surface area (Å²) >= 11 is 11.3. The predicted molar refractivity (Wildman–Crippen MR) is 93.2 cm³/mol. The number of non-ortho nitro benzene ring substituents is 1. The molecule has 8 heteroatoms. The monoisotopic (exact) mass is 348 g/mol. The Hall–Kier alpha value is -2.22. The molecule has 2 N–H and O–H groups in total. The molecule has 0 bridgehead atoms. The Kier molecular flexibility index (Phi) is 3.93. The van der Waals surface area contributed by atoms with Gasteiger partial charge in [0.05, 0.1) is 10.6 Å². The molecule has 0 radical (unpaired) electrons. The number of nitro groups is 1. The van der Waals surface area contributed by atoms with Gasteiger partial charge in [-0.3, -0.25) is 10.1 Å². The van der Waals surface area contributed by atoms with Crippen LogP contribution in [0, 0.1) is 10.1 Å². The molecule has 2 aromatic rings. The zero-order valence-electron chi connectivity index (χ0n) is 12.1. The van der Waals surface area contributed by atoms with E-state index in [1.54, 1.807) is 17.1 Å². The van der Waals surface area contributed by atoms with Crippen molar-refractivity contribution in [3.63, 3.8) is 0 Å². The normalized spacial score (nSPS) is 20.4. The number of nitro benzene ring substituents is 1. The lowest BCUT2D eigenvalue weighted by atomic mass is 10.0. The minimum atomic E-state index is -0.594. The molecule has 0 saturated carbocycles. The number of rotatable bonds is 3. The number of nitrogens with zero attached hydrogens (tertiary/aromatic N) is 2. The number of thiocarbonyl (C=S) groups is 1. The van der Waals surface area contributed by atoms with Crippen molar-refractivity contribution >= 4 is 40.3 Å². The molecule has 1 aliphatic heterocycles. The molecule has 1 aliphatic rings. The minimum absolute atomic E-state index is 0.0345. The quantitative estimate of drug-likeness (QED) is 0.504. The average molecular weight is 349 g/mol. The topological polar surface area (TPSA) is 70.4 Å². The van der Waals surface area contributed by atoms with Crippen molar-refractivity contribution in [2.45, 2.75) is 12.6 Å². The van der Waals surface area contributed by atoms with E-state index in [4.69, 9.17) is 23.8 Å². The van der Waals surface area contributed by atoms with Crippen LogP contribution in [0.5, 0.6) is 0 Å². The maximum absolute atomic E-state index is 10.7. The summed E-state index contributed by atoms with van der Waals surface area (Å²) in [6.07, 6.45) is 0. The Morgan fingerprint density at radius 2 is 1.78 bits per heavy atom. The number of hydrazine groups is 1. The van der Waals surface area contributed by atoms with Crippen molar-refractivity contribution in [3.05, 3.63) is 69.2 Å². The van der Waals surface area contributed by atoms with Gasteiger partial charge >= 0.3 is 0 Å². The molecule has 1 fully saturated rings. The van der Waals surface area contributed by atoms with E-state index in [1.807, 2.05) is 31.2 Å². The SMILES string of the molecule is CC1(c2ccc(Cl)cc2)NC(=S)N(c2ccc([N+](=O)[O-])cc2)N1. The first-order chi connectivity index (χ1) is 10.9. The molecule has 0 amide bonds. The first kappa shape index (κ1) is 15.7. The minimum Gasteiger partial charge on any atom is -0.338 e. The standard InChI is InChI=1S/C15H13ClN4O2S/c1-15(10-2-4-11(16)5-3-10)17-14(23)19(18-15)12-6-8-13(9-7-12)20(21)22/h2-9,18H,1H3,(H,17,23). The maximum atomic E-state index is 10.7. The van der Waals surface area contributed by atoms with Crippen LogP contribution in [-0.4, -0.2) is 10.0 Å². The second-order valence-electron chi connectivity index (χ2n) is 5.28. The molecular weight excluding hydrogens is 336 g/mol. The first-order valence-corrected chi connectivity index (χ1v) is 7.58. The molecule has 0 aromatic heterocycles. The summed E-state index contributed by atoms with van der Waals surface area (Å²) in [7, 11) is 0. The van der Waals surface area contributed by atoms with Gasteiger partial charge in [-0.25, -0.2) is 5.01 Å². The number of hydrogen-bond acceptors (Lipinski definition) is 4. The molecule has 2 aromatic carbocycles. The van der Waals surface area contributed by atoms with Crippen LogP contribution in [0.3, 0.4) is 0 Å². The Bertz CT molecular complexity index is 766. The van der Waals surface area contributed by atoms with Gasteiger partial charge in [0, 0.05) is 17.2 Å². The number of halogens is 1. The molecular formula is C15H13ClN4O2S. The molecule has 1 heterocycles. The van der Waals surface area contributed by atoms with Gasteiger partial charge in [0.25, 0.3) is 5.69 Å². The lowest BCUT2D eigenvalue weighted by Crippen LogP contribution is -2.45. The van der Waals surface area contributed by atoms with Crippen LogP contribution in [0.25, 0.3) is 0 Å². The van der Waals surface area contributed by atoms with Crippen molar-refractivity contribution in [2.75, 3.05) is 5.01 Å². The Morgan fingerprint density at radius 3 is 2.35 bits per heavy atom. The van der Waals surface area contributed by atoms with Crippen LogP contribution < -0.4 is 15.8 Å². The van der Waals surface area contributed by atoms with Crippen LogP contribution >= 0.6 is 23.8 Å². The number of hydrogen-bond donors (Lipinski definition) is 2. The van der Waals surface area contributed by atoms with Crippen LogP contribution in [-0.2, 0) is 5.66 Å². The molecule has 6 nitrogen and oxygen atoms in total. The van der Waals surface area contributed by atoms with Crippen molar-refractivity contribution < 1.29 is 4.92 Å². The summed E-state index contributed by atoms with van der Waals surface area (Å²) < 4.78 is 0. The van der Waals surface area contributed by atoms with Gasteiger partial charge in [0.1, 0.15) is 5.66 Å². The van der Waals surface area contributed by atoms with E-state index in [9.17, 15) is 10.1 Å². The zero-order valence-corrected chi connectivity index (χ0v) is 13.7. The fourth-order valence-corrected chi connectivity index (χ4v) is 2.88. The third-order valence-corrected chi connectivity index (χ3v) is 4.17. The van der Waals surface area contributed by atoms with Crippen molar-refractivity contribution in [2.24, 2.45) is 0 Å². The smallest absolute Gasteiger partial charge is 0.269 e. The fraction of sp³-hybridized carbons (Fsp3) is 0.133. The van der Waals surface area contributed by atoms with E-state index in [-0.39, 0.29) is 5.69 Å². The van der Waals surface area contributed by atoms with Gasteiger partial charge < -0.3 is 5.32 Å². The molecule has 23 heavy (non-hydrogen) atoms. The first-order valence-electron chi connectivity index (χ1n) is 6.80. The molecule has 0 aliphatic carbocycles. The van der Waals surface area contributed by atoms with E-state index in [0.29, 0.717) is 15.8 Å². The highest BCUT2D eigenvalue weighted by atomic mass is 35.5. The highest BCUT2D eigenvalue weighted by Gasteiger charge is 2.38. The van der Waals surface area contributed by atoms with Gasteiger partial charge in [0.15, 0.2) is 5.11 Å². The number of benzene rings is 2. The van der Waals surface area contributed by atoms with Crippen LogP contribution in [0.15, 0.2) is 48.5 Å². The maximum Gasteiger partial charge on any atom is 0.269 e. The van der Waals surface area contributed by atoms with Gasteiger partial charge in [-0.05, 0) is 49.0 Å². The molecule has 1 saturated heterocycles. The third-order valence-electron chi connectivity index (χ3n) is 3.64. The summed E-state index contributed by atoms with van der Waals surface area (Å²) in [6.45, 7) is 1.95. The summed E-state index contributed by atoms with van der Waals surface area (Å²) in [5, 5.41) is 16.8. The zero-order chi connectivity index (χ0) is 16.6. The van der Waals surface area contributed by atoms with E-state index in [1.165, 1.54) is 12.1 Å². The van der Waals surface area contributed by atoms with Gasteiger partial charge in [-0.2, -0.15) is 5.43 Å². The van der Waals surface area contributed by atoms with Crippen LogP contribution in [0.2, 0.25) is 5.02 Å². The Morgan fingerprint density at radius 1 is 1.17 bits per heavy atom. The van der Waals surface area contributed by atoms with Gasteiger partial charge in [-0.15, -0.1) is 0 Å². The summed E-state index contributed by atoms with van der Waals surface area (Å²) in [5.74, 6) is 0. The third kappa shape index (κ3) is 2.98. The van der Waals surface area contributed by atoms with Crippen molar-refractivity contribution in [1.82, 2.24) is 10.7 Å². The van der Waals surface area contributed by atoms with Crippen LogP contribution in [0.4, 0.5) is 11.4 Å². The second kappa shape index (κ2) is 5.77. The average Bonchev–Trinajstić information content (AvgIpc) is 2.84. The summed E-state index contributed by atoms with van der Waals surface area (Å²) in [4.78, 5) is 10.3. The Balaban J connectivity index is 1.87. The summed E-state index contributed by atoms with van der Waals surface area (Å²) in [5.41, 5.74) is 4.41. The molecule has 3 rings (SSSR count). The van der Waals surface area contributed by atoms with Gasteiger partial charge in [-0.1, -0.05) is 23.7 Å². The fourth-order valence-electron chi connectivity index (χ4n) is 2.40. The largest absolute Gasteiger partial charge is 0.338 e. The van der Waals surface area contributed by atoms with E-state index in [2.05, 4.69) is 10.7 Å². The molecule has 1 unspecified atom stereocenters. The lowest BCUT2D eigenvalue weighted by molar-refractivity contribution is -0.384. The second-order valence-corrected chi connectivity index (χ2v) is 6.11. The highest BCUT2D eigenvalue weighted by Crippen LogP contribution is 2.28. The van der Waals surface area contributed by atoms with Crippen molar-refractivity contribution in [1.29, 1.82) is 0 Å². The molecule has 1 atom stereocenters. The lowest BCUT2D eigenvalue weighted by Gasteiger charge is -2.26. The summed E-state index contributed by atoms with van der Waals surface area (Å²) in [6, 6.07) is 13.6. The van der Waals surface area contributed by atoms with Crippen LogP contribution in [0.1, 0.15) is 12.5 Å². The Labute approximate surface area is 143 Å². The molecule has 0 spiro atoms. The number of anilines is 1. The number of nitrogens with one attached hydrogen (secondary N) is 2. The predicted octanol–water partition coefficient (Wildman–Crippen LogP) is 3.32. The van der Waals surface area contributed by atoms with Gasteiger partial charge in [0.2, 0.25) is 0 Å². The molecule has 118 valence electrons. The van der Waals surface area contributed by atoms with E-state index in [0.717, 1.165) is 5.56 Å². The highest BCUT2D eigenvalue weighted by molar-refractivity contribution is 7.80. The van der Waals surface area contributed by atoms with Crippen molar-refractivity contribution in [3.8, 4) is 0 Å². The van der Waals surface area contributed by atoms with E-state index >= 15 is 0 Å².